The van der Waals surface area contributed by atoms with Crippen LogP contribution in [0.4, 0.5) is 4.79 Å². The number of likely N-dealkylation sites (tertiary alicyclic amines) is 1. The zero-order valence-electron chi connectivity index (χ0n) is 17.8. The van der Waals surface area contributed by atoms with Gasteiger partial charge in [-0.1, -0.05) is 36.4 Å². The van der Waals surface area contributed by atoms with Gasteiger partial charge in [-0.15, -0.1) is 0 Å². The van der Waals surface area contributed by atoms with E-state index in [4.69, 9.17) is 4.74 Å². The van der Waals surface area contributed by atoms with Gasteiger partial charge in [0.2, 0.25) is 0 Å². The van der Waals surface area contributed by atoms with Gasteiger partial charge in [-0.3, -0.25) is 4.90 Å². The number of nitrogens with zero attached hydrogens (tertiary/aromatic N) is 1. The lowest BCUT2D eigenvalue weighted by Crippen LogP contribution is -2.49. The first-order chi connectivity index (χ1) is 14.0. The lowest BCUT2D eigenvalue weighted by atomic mass is 10.0. The third kappa shape index (κ3) is 6.50. The molecule has 2 aromatic rings. The number of hydrogen-bond acceptors (Lipinski definition) is 3. The number of benzene rings is 2. The fourth-order valence-electron chi connectivity index (χ4n) is 3.92. The van der Waals surface area contributed by atoms with E-state index in [9.17, 15) is 4.79 Å². The first-order valence-corrected chi connectivity index (χ1v) is 10.5. The van der Waals surface area contributed by atoms with Gasteiger partial charge in [0.15, 0.2) is 0 Å². The van der Waals surface area contributed by atoms with Gasteiger partial charge >= 0.3 is 6.03 Å². The SMILES string of the molecule is COc1cccc(CC(C)NC(=O)NC2CCN(Cc3ccccc3C)CC2)c1. The topological polar surface area (TPSA) is 53.6 Å². The summed E-state index contributed by atoms with van der Waals surface area (Å²) in [5.74, 6) is 0.844. The number of amides is 2. The first kappa shape index (κ1) is 21.2. The van der Waals surface area contributed by atoms with Gasteiger partial charge in [-0.05, 0) is 61.9 Å². The second-order valence-electron chi connectivity index (χ2n) is 8.05. The van der Waals surface area contributed by atoms with Crippen molar-refractivity contribution in [3.05, 3.63) is 65.2 Å². The Morgan fingerprint density at radius 1 is 1.17 bits per heavy atom. The number of methoxy groups -OCH3 is 1. The summed E-state index contributed by atoms with van der Waals surface area (Å²) >= 11 is 0. The van der Waals surface area contributed by atoms with Crippen molar-refractivity contribution >= 4 is 6.03 Å². The molecule has 0 aromatic heterocycles. The lowest BCUT2D eigenvalue weighted by Gasteiger charge is -2.33. The van der Waals surface area contributed by atoms with Gasteiger partial charge in [0.25, 0.3) is 0 Å². The van der Waals surface area contributed by atoms with Crippen LogP contribution in [0.3, 0.4) is 0 Å². The Bertz CT molecular complexity index is 800. The maximum atomic E-state index is 12.4. The molecule has 156 valence electrons. The molecule has 2 N–H and O–H groups in total. The Labute approximate surface area is 174 Å². The van der Waals surface area contributed by atoms with Crippen molar-refractivity contribution in [3.63, 3.8) is 0 Å². The van der Waals surface area contributed by atoms with Crippen LogP contribution in [0.2, 0.25) is 0 Å². The Morgan fingerprint density at radius 2 is 1.93 bits per heavy atom. The van der Waals surface area contributed by atoms with Gasteiger partial charge in [0.05, 0.1) is 7.11 Å². The average Bonchev–Trinajstić information content (AvgIpc) is 2.71. The fourth-order valence-corrected chi connectivity index (χ4v) is 3.92. The molecule has 2 amide bonds. The van der Waals surface area contributed by atoms with Crippen LogP contribution in [0.5, 0.6) is 5.75 Å². The Morgan fingerprint density at radius 3 is 2.66 bits per heavy atom. The van der Waals surface area contributed by atoms with Crippen LogP contribution in [-0.4, -0.2) is 43.2 Å². The standard InChI is InChI=1S/C24H33N3O2/c1-18-7-4-5-9-21(18)17-27-13-11-22(12-14-27)26-24(28)25-19(2)15-20-8-6-10-23(16-20)29-3/h4-10,16,19,22H,11-15,17H2,1-3H3,(H2,25,26,28). The van der Waals surface area contributed by atoms with E-state index in [-0.39, 0.29) is 18.1 Å². The van der Waals surface area contributed by atoms with E-state index in [0.717, 1.165) is 50.2 Å². The van der Waals surface area contributed by atoms with Crippen molar-refractivity contribution in [2.24, 2.45) is 0 Å². The van der Waals surface area contributed by atoms with Crippen molar-refractivity contribution in [3.8, 4) is 5.75 Å². The summed E-state index contributed by atoms with van der Waals surface area (Å²) in [6.07, 6.45) is 2.76. The average molecular weight is 396 g/mol. The molecule has 0 bridgehead atoms. The van der Waals surface area contributed by atoms with Gasteiger partial charge in [0.1, 0.15) is 5.75 Å². The second-order valence-corrected chi connectivity index (χ2v) is 8.05. The third-order valence-corrected chi connectivity index (χ3v) is 5.63. The van der Waals surface area contributed by atoms with Crippen LogP contribution in [0.15, 0.2) is 48.5 Å². The molecule has 3 rings (SSSR count). The molecule has 1 aliphatic rings. The van der Waals surface area contributed by atoms with Crippen LogP contribution in [0.25, 0.3) is 0 Å². The third-order valence-electron chi connectivity index (χ3n) is 5.63. The van der Waals surface area contributed by atoms with Crippen LogP contribution >= 0.6 is 0 Å². The highest BCUT2D eigenvalue weighted by molar-refractivity contribution is 5.74. The zero-order chi connectivity index (χ0) is 20.6. The minimum Gasteiger partial charge on any atom is -0.497 e. The van der Waals surface area contributed by atoms with Gasteiger partial charge in [-0.25, -0.2) is 4.79 Å². The quantitative estimate of drug-likeness (QED) is 0.748. The molecule has 1 unspecified atom stereocenters. The number of piperidine rings is 1. The van der Waals surface area contributed by atoms with Crippen molar-refractivity contribution in [1.82, 2.24) is 15.5 Å². The molecule has 1 heterocycles. The summed E-state index contributed by atoms with van der Waals surface area (Å²) in [6.45, 7) is 7.21. The number of urea groups is 1. The van der Waals surface area contributed by atoms with Crippen molar-refractivity contribution in [2.45, 2.75) is 51.7 Å². The normalized spacial score (nSPS) is 16.2. The van der Waals surface area contributed by atoms with Crippen molar-refractivity contribution in [2.75, 3.05) is 20.2 Å². The van der Waals surface area contributed by atoms with Crippen molar-refractivity contribution < 1.29 is 9.53 Å². The lowest BCUT2D eigenvalue weighted by molar-refractivity contribution is 0.185. The molecule has 1 saturated heterocycles. The number of carbonyl (C=O) groups is 1. The monoisotopic (exact) mass is 395 g/mol. The van der Waals surface area contributed by atoms with Crippen LogP contribution in [0, 0.1) is 6.92 Å². The van der Waals surface area contributed by atoms with Gasteiger partial charge < -0.3 is 15.4 Å². The highest BCUT2D eigenvalue weighted by Gasteiger charge is 2.21. The van der Waals surface area contributed by atoms with E-state index in [0.29, 0.717) is 0 Å². The number of aryl methyl sites for hydroxylation is 1. The molecule has 0 radical (unpaired) electrons. The highest BCUT2D eigenvalue weighted by atomic mass is 16.5. The molecule has 2 aromatic carbocycles. The van der Waals surface area contributed by atoms with E-state index in [2.05, 4.69) is 52.8 Å². The molecule has 0 aliphatic carbocycles. The van der Waals surface area contributed by atoms with E-state index < -0.39 is 0 Å². The number of nitrogens with one attached hydrogen (secondary N) is 2. The Balaban J connectivity index is 1.39. The first-order valence-electron chi connectivity index (χ1n) is 10.5. The fraction of sp³-hybridized carbons (Fsp3) is 0.458. The summed E-state index contributed by atoms with van der Waals surface area (Å²) in [5.41, 5.74) is 3.89. The predicted octanol–water partition coefficient (Wildman–Crippen LogP) is 3.90. The Hall–Kier alpha value is -2.53. The molecule has 29 heavy (non-hydrogen) atoms. The summed E-state index contributed by atoms with van der Waals surface area (Å²) in [6, 6.07) is 16.8. The molecule has 1 fully saturated rings. The summed E-state index contributed by atoms with van der Waals surface area (Å²) < 4.78 is 5.27. The number of carbonyl (C=O) groups excluding carboxylic acids is 1. The van der Waals surface area contributed by atoms with Gasteiger partial charge in [0, 0.05) is 31.7 Å². The zero-order valence-corrected chi connectivity index (χ0v) is 17.8. The molecular formula is C24H33N3O2. The molecule has 0 spiro atoms. The smallest absolute Gasteiger partial charge is 0.315 e. The van der Waals surface area contributed by atoms with E-state index >= 15 is 0 Å². The minimum absolute atomic E-state index is 0.0586. The molecule has 1 aliphatic heterocycles. The number of ether oxygens (including phenoxy) is 1. The molecular weight excluding hydrogens is 362 g/mol. The molecule has 5 heteroatoms. The second kappa shape index (κ2) is 10.3. The van der Waals surface area contributed by atoms with E-state index in [1.54, 1.807) is 7.11 Å². The summed E-state index contributed by atoms with van der Waals surface area (Å²) in [7, 11) is 1.67. The summed E-state index contributed by atoms with van der Waals surface area (Å²) in [4.78, 5) is 14.9. The van der Waals surface area contributed by atoms with Crippen LogP contribution < -0.4 is 15.4 Å². The predicted molar refractivity (Wildman–Crippen MR) is 117 cm³/mol. The molecule has 1 atom stereocenters. The van der Waals surface area contributed by atoms with Crippen LogP contribution in [0.1, 0.15) is 36.5 Å². The van der Waals surface area contributed by atoms with Crippen molar-refractivity contribution in [1.29, 1.82) is 0 Å². The maximum absolute atomic E-state index is 12.4. The molecule has 0 saturated carbocycles. The highest BCUT2D eigenvalue weighted by Crippen LogP contribution is 2.16. The Kier molecular flexibility index (Phi) is 7.53. The summed E-state index contributed by atoms with van der Waals surface area (Å²) in [5, 5.41) is 6.22. The number of rotatable bonds is 7. The van der Waals surface area contributed by atoms with Crippen LogP contribution in [-0.2, 0) is 13.0 Å². The van der Waals surface area contributed by atoms with E-state index in [1.807, 2.05) is 25.1 Å². The largest absolute Gasteiger partial charge is 0.497 e. The maximum Gasteiger partial charge on any atom is 0.315 e. The minimum atomic E-state index is -0.0715. The van der Waals surface area contributed by atoms with Gasteiger partial charge in [-0.2, -0.15) is 0 Å². The van der Waals surface area contributed by atoms with E-state index in [1.165, 1.54) is 11.1 Å². The molecule has 5 nitrogen and oxygen atoms in total. The number of hydrogen-bond donors (Lipinski definition) is 2.